The Morgan fingerprint density at radius 2 is 2.18 bits per heavy atom. The SMILES string of the molecule is CC[C@H](C)[C@H](NCc1nc(-c2ccccc2Cl)cs1)C(=O)O. The van der Waals surface area contributed by atoms with Crippen LogP contribution >= 0.6 is 22.9 Å². The van der Waals surface area contributed by atoms with Gasteiger partial charge >= 0.3 is 5.97 Å². The van der Waals surface area contributed by atoms with Gasteiger partial charge in [-0.15, -0.1) is 11.3 Å². The van der Waals surface area contributed by atoms with Crippen molar-refractivity contribution in [3.8, 4) is 11.3 Å². The van der Waals surface area contributed by atoms with E-state index in [9.17, 15) is 9.90 Å². The van der Waals surface area contributed by atoms with Crippen molar-refractivity contribution in [1.82, 2.24) is 10.3 Å². The first-order chi connectivity index (χ1) is 10.5. The van der Waals surface area contributed by atoms with Crippen LogP contribution in [0.1, 0.15) is 25.3 Å². The normalized spacial score (nSPS) is 13.8. The molecule has 2 N–H and O–H groups in total. The molecule has 0 aliphatic heterocycles. The summed E-state index contributed by atoms with van der Waals surface area (Å²) in [5.41, 5.74) is 1.71. The summed E-state index contributed by atoms with van der Waals surface area (Å²) in [4.78, 5) is 15.8. The topological polar surface area (TPSA) is 62.2 Å². The van der Waals surface area contributed by atoms with Gasteiger partial charge in [-0.3, -0.25) is 10.1 Å². The number of hydrogen-bond donors (Lipinski definition) is 2. The van der Waals surface area contributed by atoms with Crippen molar-refractivity contribution in [3.05, 3.63) is 39.7 Å². The summed E-state index contributed by atoms with van der Waals surface area (Å²) in [6.07, 6.45) is 0.812. The molecule has 4 nitrogen and oxygen atoms in total. The minimum atomic E-state index is -0.822. The van der Waals surface area contributed by atoms with Crippen molar-refractivity contribution in [2.24, 2.45) is 5.92 Å². The molecule has 6 heteroatoms. The molecule has 0 saturated carbocycles. The Labute approximate surface area is 139 Å². The summed E-state index contributed by atoms with van der Waals surface area (Å²) in [7, 11) is 0. The van der Waals surface area contributed by atoms with Crippen LogP contribution in [0.25, 0.3) is 11.3 Å². The molecule has 0 amide bonds. The number of hydrogen-bond acceptors (Lipinski definition) is 4. The van der Waals surface area contributed by atoms with Crippen LogP contribution in [0.3, 0.4) is 0 Å². The summed E-state index contributed by atoms with van der Waals surface area (Å²) in [5.74, 6) is -0.752. The van der Waals surface area contributed by atoms with Gasteiger partial charge in [0.25, 0.3) is 0 Å². The third-order valence-electron chi connectivity index (χ3n) is 3.65. The Morgan fingerprint density at radius 3 is 2.82 bits per heavy atom. The molecule has 0 aliphatic rings. The van der Waals surface area contributed by atoms with Gasteiger partial charge in [-0.1, -0.05) is 50.1 Å². The molecule has 22 heavy (non-hydrogen) atoms. The second-order valence-electron chi connectivity index (χ2n) is 5.19. The summed E-state index contributed by atoms with van der Waals surface area (Å²) in [6, 6.07) is 7.00. The van der Waals surface area contributed by atoms with E-state index in [4.69, 9.17) is 11.6 Å². The number of carboxylic acid groups (broad SMARTS) is 1. The van der Waals surface area contributed by atoms with E-state index in [1.807, 2.05) is 43.5 Å². The number of rotatable bonds is 7. The number of carbonyl (C=O) groups is 1. The van der Waals surface area contributed by atoms with Crippen LogP contribution < -0.4 is 5.32 Å². The van der Waals surface area contributed by atoms with Gasteiger partial charge in [-0.2, -0.15) is 0 Å². The number of benzene rings is 1. The predicted octanol–water partition coefficient (Wildman–Crippen LogP) is 4.05. The molecule has 1 aromatic heterocycles. The van der Waals surface area contributed by atoms with Crippen LogP contribution in [0.2, 0.25) is 5.02 Å². The van der Waals surface area contributed by atoms with E-state index in [2.05, 4.69) is 10.3 Å². The first-order valence-corrected chi connectivity index (χ1v) is 8.44. The molecule has 0 bridgehead atoms. The molecule has 0 aliphatic carbocycles. The molecule has 2 aromatic rings. The Morgan fingerprint density at radius 1 is 1.45 bits per heavy atom. The number of nitrogens with one attached hydrogen (secondary N) is 1. The minimum absolute atomic E-state index is 0.0699. The molecule has 1 aromatic carbocycles. The summed E-state index contributed by atoms with van der Waals surface area (Å²) in [5, 5.41) is 15.8. The molecule has 0 radical (unpaired) electrons. The van der Waals surface area contributed by atoms with E-state index in [1.165, 1.54) is 11.3 Å². The fourth-order valence-corrected chi connectivity index (χ4v) is 3.13. The molecule has 2 rings (SSSR count). The summed E-state index contributed by atoms with van der Waals surface area (Å²) in [6.45, 7) is 4.36. The van der Waals surface area contributed by atoms with E-state index >= 15 is 0 Å². The number of carboxylic acids is 1. The average Bonchev–Trinajstić information content (AvgIpc) is 2.96. The third kappa shape index (κ3) is 4.06. The quantitative estimate of drug-likeness (QED) is 0.799. The number of nitrogens with zero attached hydrogens (tertiary/aromatic N) is 1. The second kappa shape index (κ2) is 7.72. The average molecular weight is 339 g/mol. The van der Waals surface area contributed by atoms with E-state index in [0.29, 0.717) is 11.6 Å². The van der Waals surface area contributed by atoms with Gasteiger partial charge in [0.05, 0.1) is 5.69 Å². The van der Waals surface area contributed by atoms with Gasteiger partial charge in [0.1, 0.15) is 11.0 Å². The lowest BCUT2D eigenvalue weighted by molar-refractivity contribution is -0.140. The van der Waals surface area contributed by atoms with Gasteiger partial charge in [0.2, 0.25) is 0 Å². The van der Waals surface area contributed by atoms with E-state index in [0.717, 1.165) is 22.7 Å². The Bertz CT molecular complexity index is 645. The number of halogens is 1. The highest BCUT2D eigenvalue weighted by molar-refractivity contribution is 7.09. The van der Waals surface area contributed by atoms with Crippen LogP contribution in [-0.2, 0) is 11.3 Å². The van der Waals surface area contributed by atoms with Crippen molar-refractivity contribution in [3.63, 3.8) is 0 Å². The maximum Gasteiger partial charge on any atom is 0.320 e. The maximum absolute atomic E-state index is 11.3. The summed E-state index contributed by atoms with van der Waals surface area (Å²) < 4.78 is 0. The van der Waals surface area contributed by atoms with Crippen molar-refractivity contribution < 1.29 is 9.90 Å². The van der Waals surface area contributed by atoms with E-state index in [1.54, 1.807) is 0 Å². The smallest absolute Gasteiger partial charge is 0.320 e. The van der Waals surface area contributed by atoms with Crippen molar-refractivity contribution in [2.45, 2.75) is 32.9 Å². The zero-order valence-corrected chi connectivity index (χ0v) is 14.1. The lowest BCUT2D eigenvalue weighted by Crippen LogP contribution is -2.41. The van der Waals surface area contributed by atoms with Crippen LogP contribution in [0.15, 0.2) is 29.6 Å². The van der Waals surface area contributed by atoms with Crippen molar-refractivity contribution in [2.75, 3.05) is 0 Å². The van der Waals surface area contributed by atoms with E-state index in [-0.39, 0.29) is 5.92 Å². The molecule has 118 valence electrons. The fourth-order valence-electron chi connectivity index (χ4n) is 2.15. The monoisotopic (exact) mass is 338 g/mol. The molecular formula is C16H19ClN2O2S. The zero-order valence-electron chi connectivity index (χ0n) is 12.5. The zero-order chi connectivity index (χ0) is 16.1. The van der Waals surface area contributed by atoms with Gasteiger partial charge in [0, 0.05) is 22.5 Å². The van der Waals surface area contributed by atoms with Crippen LogP contribution in [0.5, 0.6) is 0 Å². The lowest BCUT2D eigenvalue weighted by Gasteiger charge is -2.19. The number of aliphatic carboxylic acids is 1. The Hall–Kier alpha value is -1.43. The number of aromatic nitrogens is 1. The molecule has 1 heterocycles. The second-order valence-corrected chi connectivity index (χ2v) is 6.54. The first-order valence-electron chi connectivity index (χ1n) is 7.18. The van der Waals surface area contributed by atoms with Crippen LogP contribution in [0, 0.1) is 5.92 Å². The van der Waals surface area contributed by atoms with Crippen LogP contribution in [0.4, 0.5) is 0 Å². The van der Waals surface area contributed by atoms with Crippen LogP contribution in [-0.4, -0.2) is 22.1 Å². The van der Waals surface area contributed by atoms with E-state index < -0.39 is 12.0 Å². The lowest BCUT2D eigenvalue weighted by atomic mass is 9.99. The Kier molecular flexibility index (Phi) is 5.94. The fraction of sp³-hybridized carbons (Fsp3) is 0.375. The molecular weight excluding hydrogens is 320 g/mol. The Balaban J connectivity index is 2.06. The number of thiazole rings is 1. The van der Waals surface area contributed by atoms with Gasteiger partial charge in [-0.05, 0) is 12.0 Å². The third-order valence-corrected chi connectivity index (χ3v) is 4.83. The highest BCUT2D eigenvalue weighted by atomic mass is 35.5. The molecule has 0 saturated heterocycles. The molecule has 0 fully saturated rings. The minimum Gasteiger partial charge on any atom is -0.480 e. The first kappa shape index (κ1) is 16.9. The highest BCUT2D eigenvalue weighted by Crippen LogP contribution is 2.28. The maximum atomic E-state index is 11.3. The van der Waals surface area contributed by atoms with Gasteiger partial charge in [-0.25, -0.2) is 4.98 Å². The molecule has 0 spiro atoms. The molecule has 2 atom stereocenters. The van der Waals surface area contributed by atoms with Crippen molar-refractivity contribution >= 4 is 28.9 Å². The van der Waals surface area contributed by atoms with Crippen molar-refractivity contribution in [1.29, 1.82) is 0 Å². The van der Waals surface area contributed by atoms with Gasteiger partial charge in [0.15, 0.2) is 0 Å². The summed E-state index contributed by atoms with van der Waals surface area (Å²) >= 11 is 7.67. The largest absolute Gasteiger partial charge is 0.480 e. The predicted molar refractivity (Wildman–Crippen MR) is 90.3 cm³/mol. The standard InChI is InChI=1S/C16H19ClN2O2S/c1-3-10(2)15(16(20)21)18-8-14-19-13(9-22-14)11-6-4-5-7-12(11)17/h4-7,9-10,15,18H,3,8H2,1-2H3,(H,20,21)/t10-,15-/m0/s1. The highest BCUT2D eigenvalue weighted by Gasteiger charge is 2.23. The van der Waals surface area contributed by atoms with Gasteiger partial charge < -0.3 is 5.11 Å². The molecule has 0 unspecified atom stereocenters.